The molecule has 0 unspecified atom stereocenters. The Kier molecular flexibility index (Phi) is 6.31. The molecule has 0 bridgehead atoms. The average Bonchev–Trinajstić information content (AvgIpc) is 3.32. The minimum Gasteiger partial charge on any atom is -0.494 e. The lowest BCUT2D eigenvalue weighted by molar-refractivity contribution is -0.384. The molecular formula is C24H20N4O5. The molecule has 4 aromatic rings. The summed E-state index contributed by atoms with van der Waals surface area (Å²) in [6.45, 7) is 2.49. The largest absolute Gasteiger partial charge is 0.494 e. The molecule has 1 aromatic heterocycles. The first-order valence-electron chi connectivity index (χ1n) is 10.1. The van der Waals surface area contributed by atoms with Gasteiger partial charge in [0.25, 0.3) is 11.6 Å². The van der Waals surface area contributed by atoms with Crippen LogP contribution in [0.15, 0.2) is 85.1 Å². The zero-order valence-electron chi connectivity index (χ0n) is 17.7. The number of para-hydroxylation sites is 2. The smallest absolute Gasteiger partial charge is 0.276 e. The number of nitro groups is 1. The van der Waals surface area contributed by atoms with Gasteiger partial charge in [0.05, 0.1) is 22.9 Å². The van der Waals surface area contributed by atoms with Crippen LogP contribution in [-0.4, -0.2) is 27.2 Å². The van der Waals surface area contributed by atoms with Crippen LogP contribution in [0.25, 0.3) is 5.69 Å². The maximum atomic E-state index is 12.8. The molecule has 166 valence electrons. The molecule has 0 saturated heterocycles. The molecule has 0 aliphatic heterocycles. The first kappa shape index (κ1) is 21.6. The van der Waals surface area contributed by atoms with Gasteiger partial charge < -0.3 is 14.8 Å². The lowest BCUT2D eigenvalue weighted by atomic mass is 10.2. The summed E-state index contributed by atoms with van der Waals surface area (Å²) in [7, 11) is 0. The van der Waals surface area contributed by atoms with E-state index in [4.69, 9.17) is 9.47 Å². The maximum Gasteiger partial charge on any atom is 0.276 e. The van der Waals surface area contributed by atoms with Gasteiger partial charge in [0.2, 0.25) is 0 Å². The number of amides is 1. The van der Waals surface area contributed by atoms with Crippen molar-refractivity contribution >= 4 is 17.3 Å². The number of rotatable bonds is 8. The number of carbonyl (C=O) groups is 1. The molecule has 1 heterocycles. The number of non-ortho nitro benzene ring substituents is 1. The Bertz CT molecular complexity index is 1280. The lowest BCUT2D eigenvalue weighted by Gasteiger charge is -2.12. The van der Waals surface area contributed by atoms with Gasteiger partial charge in [-0.1, -0.05) is 18.2 Å². The lowest BCUT2D eigenvalue weighted by Crippen LogP contribution is -2.13. The number of nitrogens with zero attached hydrogens (tertiary/aromatic N) is 3. The van der Waals surface area contributed by atoms with Crippen molar-refractivity contribution < 1.29 is 19.2 Å². The Labute approximate surface area is 189 Å². The molecular weight excluding hydrogens is 424 g/mol. The van der Waals surface area contributed by atoms with Crippen LogP contribution in [0.5, 0.6) is 17.2 Å². The highest BCUT2D eigenvalue weighted by Crippen LogP contribution is 2.30. The third kappa shape index (κ3) is 5.16. The van der Waals surface area contributed by atoms with Crippen LogP contribution in [-0.2, 0) is 0 Å². The van der Waals surface area contributed by atoms with Crippen molar-refractivity contribution in [2.45, 2.75) is 6.92 Å². The van der Waals surface area contributed by atoms with Gasteiger partial charge in [-0.2, -0.15) is 5.10 Å². The summed E-state index contributed by atoms with van der Waals surface area (Å²) >= 11 is 0. The normalized spacial score (nSPS) is 10.5. The second-order valence-electron chi connectivity index (χ2n) is 6.88. The molecule has 9 nitrogen and oxygen atoms in total. The van der Waals surface area contributed by atoms with Crippen LogP contribution >= 0.6 is 0 Å². The number of nitrogens with one attached hydrogen (secondary N) is 1. The third-order valence-corrected chi connectivity index (χ3v) is 4.62. The number of hydrogen-bond acceptors (Lipinski definition) is 6. The van der Waals surface area contributed by atoms with Crippen LogP contribution in [0.2, 0.25) is 0 Å². The molecule has 9 heteroatoms. The van der Waals surface area contributed by atoms with Gasteiger partial charge in [0.15, 0.2) is 11.4 Å². The number of ether oxygens (including phenoxy) is 2. The monoisotopic (exact) mass is 444 g/mol. The standard InChI is InChI=1S/C24H20N4O5/c1-2-32-19-10-12-20(13-11-19)33-23-9-4-3-8-21(23)25-24(29)22-14-15-27(26-22)17-6-5-7-18(16-17)28(30)31/h3-16H,2H2,1H3,(H,25,29). The van der Waals surface area contributed by atoms with Gasteiger partial charge in [-0.05, 0) is 55.5 Å². The Morgan fingerprint density at radius 1 is 1.03 bits per heavy atom. The maximum absolute atomic E-state index is 12.8. The third-order valence-electron chi connectivity index (χ3n) is 4.62. The Morgan fingerprint density at radius 3 is 2.55 bits per heavy atom. The highest BCUT2D eigenvalue weighted by Gasteiger charge is 2.15. The van der Waals surface area contributed by atoms with E-state index in [1.807, 2.05) is 6.92 Å². The summed E-state index contributed by atoms with van der Waals surface area (Å²) in [6, 6.07) is 21.8. The molecule has 0 fully saturated rings. The molecule has 4 rings (SSSR count). The SMILES string of the molecule is CCOc1ccc(Oc2ccccc2NC(=O)c2ccn(-c3cccc([N+](=O)[O-])c3)n2)cc1. The van der Waals surface area contributed by atoms with E-state index in [2.05, 4.69) is 10.4 Å². The highest BCUT2D eigenvalue weighted by atomic mass is 16.6. The van der Waals surface area contributed by atoms with Crippen molar-refractivity contribution in [3.05, 3.63) is 101 Å². The van der Waals surface area contributed by atoms with Crippen molar-refractivity contribution in [1.82, 2.24) is 9.78 Å². The quantitative estimate of drug-likeness (QED) is 0.295. The molecule has 0 aliphatic carbocycles. The fourth-order valence-corrected chi connectivity index (χ4v) is 3.08. The number of aromatic nitrogens is 2. The predicted octanol–water partition coefficient (Wildman–Crippen LogP) is 5.22. The van der Waals surface area contributed by atoms with E-state index in [-0.39, 0.29) is 11.4 Å². The Balaban J connectivity index is 1.49. The van der Waals surface area contributed by atoms with Crippen LogP contribution in [0, 0.1) is 10.1 Å². The minimum atomic E-state index is -0.484. The molecule has 0 saturated carbocycles. The number of carbonyl (C=O) groups excluding carboxylic acids is 1. The van der Waals surface area contributed by atoms with Gasteiger partial charge in [-0.25, -0.2) is 4.68 Å². The van der Waals surface area contributed by atoms with Gasteiger partial charge in [0.1, 0.15) is 11.5 Å². The molecule has 0 radical (unpaired) electrons. The Hall–Kier alpha value is -4.66. The average molecular weight is 444 g/mol. The van der Waals surface area contributed by atoms with Gasteiger partial charge in [0, 0.05) is 18.3 Å². The zero-order valence-corrected chi connectivity index (χ0v) is 17.7. The van der Waals surface area contributed by atoms with Crippen LogP contribution in [0.1, 0.15) is 17.4 Å². The minimum absolute atomic E-state index is 0.0608. The van der Waals surface area contributed by atoms with E-state index < -0.39 is 10.8 Å². The zero-order chi connectivity index (χ0) is 23.2. The number of benzene rings is 3. The van der Waals surface area contributed by atoms with Crippen molar-refractivity contribution in [2.75, 3.05) is 11.9 Å². The summed E-state index contributed by atoms with van der Waals surface area (Å²) in [5, 5.41) is 18.0. The second-order valence-corrected chi connectivity index (χ2v) is 6.88. The van der Waals surface area contributed by atoms with Crippen molar-refractivity contribution in [1.29, 1.82) is 0 Å². The molecule has 33 heavy (non-hydrogen) atoms. The number of anilines is 1. The van der Waals surface area contributed by atoms with Crippen LogP contribution < -0.4 is 14.8 Å². The molecule has 1 amide bonds. The highest BCUT2D eigenvalue weighted by molar-refractivity contribution is 6.03. The second kappa shape index (κ2) is 9.65. The molecule has 3 aromatic carbocycles. The van der Waals surface area contributed by atoms with Gasteiger partial charge >= 0.3 is 0 Å². The Morgan fingerprint density at radius 2 is 1.79 bits per heavy atom. The van der Waals surface area contributed by atoms with E-state index in [0.717, 1.165) is 5.75 Å². The summed E-state index contributed by atoms with van der Waals surface area (Å²) in [5.41, 5.74) is 1.04. The molecule has 0 atom stereocenters. The number of nitro benzene ring substituents is 1. The van der Waals surface area contributed by atoms with E-state index >= 15 is 0 Å². The summed E-state index contributed by atoms with van der Waals surface area (Å²) in [6.07, 6.45) is 1.57. The molecule has 0 spiro atoms. The van der Waals surface area contributed by atoms with Gasteiger partial charge in [-0.3, -0.25) is 14.9 Å². The summed E-state index contributed by atoms with van der Waals surface area (Å²) in [5.74, 6) is 1.36. The summed E-state index contributed by atoms with van der Waals surface area (Å²) in [4.78, 5) is 23.3. The van der Waals surface area contributed by atoms with E-state index in [9.17, 15) is 14.9 Å². The van der Waals surface area contributed by atoms with Crippen LogP contribution in [0.3, 0.4) is 0 Å². The van der Waals surface area contributed by atoms with E-state index in [1.165, 1.54) is 22.9 Å². The topological polar surface area (TPSA) is 109 Å². The molecule has 0 aliphatic rings. The fourth-order valence-electron chi connectivity index (χ4n) is 3.08. The first-order chi connectivity index (χ1) is 16.0. The number of hydrogen-bond donors (Lipinski definition) is 1. The predicted molar refractivity (Wildman–Crippen MR) is 122 cm³/mol. The van der Waals surface area contributed by atoms with Crippen molar-refractivity contribution in [3.8, 4) is 22.9 Å². The fraction of sp³-hybridized carbons (Fsp3) is 0.0833. The van der Waals surface area contributed by atoms with Gasteiger partial charge in [-0.15, -0.1) is 0 Å². The van der Waals surface area contributed by atoms with Crippen molar-refractivity contribution in [3.63, 3.8) is 0 Å². The van der Waals surface area contributed by atoms with E-state index in [1.54, 1.807) is 66.9 Å². The first-order valence-corrected chi connectivity index (χ1v) is 10.1. The summed E-state index contributed by atoms with van der Waals surface area (Å²) < 4.78 is 12.8. The van der Waals surface area contributed by atoms with E-state index in [0.29, 0.717) is 29.5 Å². The van der Waals surface area contributed by atoms with Crippen molar-refractivity contribution in [2.24, 2.45) is 0 Å². The van der Waals surface area contributed by atoms with Crippen LogP contribution in [0.4, 0.5) is 11.4 Å². The molecule has 1 N–H and O–H groups in total.